The lowest BCUT2D eigenvalue weighted by molar-refractivity contribution is 0.0771. The van der Waals surface area contributed by atoms with Crippen LogP contribution in [0.2, 0.25) is 0 Å². The van der Waals surface area contributed by atoms with Crippen molar-refractivity contribution in [3.8, 4) is 5.75 Å². The van der Waals surface area contributed by atoms with E-state index < -0.39 is 5.82 Å². The van der Waals surface area contributed by atoms with Gasteiger partial charge in [0.25, 0.3) is 5.91 Å². The molecule has 0 bridgehead atoms. The minimum atomic E-state index is -0.532. The van der Waals surface area contributed by atoms with Gasteiger partial charge in [-0.05, 0) is 36.8 Å². The third-order valence-electron chi connectivity index (χ3n) is 4.61. The summed E-state index contributed by atoms with van der Waals surface area (Å²) < 4.78 is 19.1. The Morgan fingerprint density at radius 2 is 2.14 bits per heavy atom. The number of benzene rings is 1. The molecule has 3 unspecified atom stereocenters. The fourth-order valence-corrected chi connectivity index (χ4v) is 3.51. The zero-order valence-electron chi connectivity index (χ0n) is 11.9. The van der Waals surface area contributed by atoms with Gasteiger partial charge in [-0.2, -0.15) is 0 Å². The number of halogens is 2. The molecule has 21 heavy (non-hydrogen) atoms. The van der Waals surface area contributed by atoms with Gasteiger partial charge in [0, 0.05) is 19.1 Å². The summed E-state index contributed by atoms with van der Waals surface area (Å²) in [5, 5.41) is 0. The van der Waals surface area contributed by atoms with Crippen LogP contribution in [0, 0.1) is 17.7 Å². The number of hydrogen-bond acceptors (Lipinski definition) is 3. The molecule has 1 aromatic rings. The molecule has 2 N–H and O–H groups in total. The summed E-state index contributed by atoms with van der Waals surface area (Å²) in [6.45, 7) is 1.30. The Hall–Kier alpha value is -1.33. The molecule has 0 radical (unpaired) electrons. The highest BCUT2D eigenvalue weighted by Crippen LogP contribution is 2.38. The van der Waals surface area contributed by atoms with Crippen molar-refractivity contribution in [1.82, 2.24) is 4.90 Å². The van der Waals surface area contributed by atoms with E-state index in [0.717, 1.165) is 12.8 Å². The van der Waals surface area contributed by atoms with Crippen LogP contribution in [0.5, 0.6) is 5.75 Å². The van der Waals surface area contributed by atoms with Gasteiger partial charge in [-0.1, -0.05) is 6.07 Å². The Bertz CT molecular complexity index is 540. The molecule has 116 valence electrons. The van der Waals surface area contributed by atoms with Crippen molar-refractivity contribution in [2.75, 3.05) is 20.2 Å². The van der Waals surface area contributed by atoms with E-state index in [-0.39, 0.29) is 35.7 Å². The first-order chi connectivity index (χ1) is 9.61. The lowest BCUT2D eigenvalue weighted by Crippen LogP contribution is -2.34. The topological polar surface area (TPSA) is 55.6 Å². The number of hydrogen-bond donors (Lipinski definition) is 1. The van der Waals surface area contributed by atoms with Crippen LogP contribution in [-0.4, -0.2) is 37.0 Å². The summed E-state index contributed by atoms with van der Waals surface area (Å²) >= 11 is 0. The van der Waals surface area contributed by atoms with E-state index in [1.807, 2.05) is 0 Å². The monoisotopic (exact) mass is 314 g/mol. The van der Waals surface area contributed by atoms with Crippen molar-refractivity contribution in [1.29, 1.82) is 0 Å². The minimum absolute atomic E-state index is 0. The second-order valence-corrected chi connectivity index (χ2v) is 5.69. The van der Waals surface area contributed by atoms with Gasteiger partial charge in [0.2, 0.25) is 0 Å². The van der Waals surface area contributed by atoms with E-state index in [1.165, 1.54) is 13.2 Å². The Kier molecular flexibility index (Phi) is 4.74. The lowest BCUT2D eigenvalue weighted by Gasteiger charge is -2.20. The number of likely N-dealkylation sites (tertiary alicyclic amines) is 1. The maximum absolute atomic E-state index is 14.0. The standard InChI is InChI=1S/C15H19FN2O2.ClH/c1-20-13-4-2-3-11(16)14(13)15(19)18-7-9-5-6-12(17)10(9)8-18;/h2-4,9-10,12H,5-8,17H2,1H3;1H. The predicted molar refractivity (Wildman–Crippen MR) is 80.3 cm³/mol. The SMILES string of the molecule is COc1cccc(F)c1C(=O)N1CC2CCC(N)C2C1.Cl. The minimum Gasteiger partial charge on any atom is -0.496 e. The molecule has 0 spiro atoms. The van der Waals surface area contributed by atoms with E-state index in [4.69, 9.17) is 10.5 Å². The number of nitrogens with zero attached hydrogens (tertiary/aromatic N) is 1. The average molecular weight is 315 g/mol. The molecule has 1 heterocycles. The van der Waals surface area contributed by atoms with Crippen LogP contribution in [0.1, 0.15) is 23.2 Å². The van der Waals surface area contributed by atoms with Crippen molar-refractivity contribution in [2.24, 2.45) is 17.6 Å². The molecular formula is C15H20ClFN2O2. The highest BCUT2D eigenvalue weighted by Gasteiger charge is 2.43. The Labute approximate surface area is 129 Å². The van der Waals surface area contributed by atoms with E-state index in [1.54, 1.807) is 17.0 Å². The summed E-state index contributed by atoms with van der Waals surface area (Å²) in [6.07, 6.45) is 2.09. The molecule has 1 aromatic carbocycles. The Morgan fingerprint density at radius 3 is 2.81 bits per heavy atom. The van der Waals surface area contributed by atoms with Crippen LogP contribution in [-0.2, 0) is 0 Å². The lowest BCUT2D eigenvalue weighted by atomic mass is 9.98. The van der Waals surface area contributed by atoms with Crippen molar-refractivity contribution in [2.45, 2.75) is 18.9 Å². The maximum Gasteiger partial charge on any atom is 0.260 e. The highest BCUT2D eigenvalue weighted by molar-refractivity contribution is 5.97. The van der Waals surface area contributed by atoms with Crippen LogP contribution in [0.15, 0.2) is 18.2 Å². The van der Waals surface area contributed by atoms with Crippen LogP contribution < -0.4 is 10.5 Å². The van der Waals surface area contributed by atoms with Gasteiger partial charge in [0.15, 0.2) is 0 Å². The van der Waals surface area contributed by atoms with Gasteiger partial charge >= 0.3 is 0 Å². The third-order valence-corrected chi connectivity index (χ3v) is 4.61. The van der Waals surface area contributed by atoms with Crippen molar-refractivity contribution in [3.05, 3.63) is 29.6 Å². The van der Waals surface area contributed by atoms with E-state index in [9.17, 15) is 9.18 Å². The van der Waals surface area contributed by atoms with Crippen molar-refractivity contribution in [3.63, 3.8) is 0 Å². The van der Waals surface area contributed by atoms with Gasteiger partial charge in [-0.15, -0.1) is 12.4 Å². The molecule has 1 aliphatic heterocycles. The van der Waals surface area contributed by atoms with Gasteiger partial charge in [-0.25, -0.2) is 4.39 Å². The van der Waals surface area contributed by atoms with Crippen LogP contribution >= 0.6 is 12.4 Å². The fraction of sp³-hybridized carbons (Fsp3) is 0.533. The molecule has 2 fully saturated rings. The van der Waals surface area contributed by atoms with Gasteiger partial charge in [0.05, 0.1) is 7.11 Å². The first-order valence-corrected chi connectivity index (χ1v) is 6.99. The zero-order chi connectivity index (χ0) is 14.3. The summed E-state index contributed by atoms with van der Waals surface area (Å²) in [7, 11) is 1.44. The molecule has 3 rings (SSSR count). The normalized spacial score (nSPS) is 27.2. The maximum atomic E-state index is 14.0. The first-order valence-electron chi connectivity index (χ1n) is 6.99. The number of ether oxygens (including phenoxy) is 1. The van der Waals surface area contributed by atoms with E-state index >= 15 is 0 Å². The number of rotatable bonds is 2. The molecule has 6 heteroatoms. The molecule has 2 aliphatic rings. The summed E-state index contributed by atoms with van der Waals surface area (Å²) in [6, 6.07) is 4.61. The number of carbonyl (C=O) groups excluding carboxylic acids is 1. The van der Waals surface area contributed by atoms with Gasteiger partial charge < -0.3 is 15.4 Å². The number of carbonyl (C=O) groups is 1. The summed E-state index contributed by atoms with van der Waals surface area (Å²) in [5.41, 5.74) is 6.10. The average Bonchev–Trinajstić information content (AvgIpc) is 3.00. The molecule has 1 saturated heterocycles. The summed E-state index contributed by atoms with van der Waals surface area (Å²) in [4.78, 5) is 14.3. The molecule has 0 aromatic heterocycles. The Balaban J connectivity index is 0.00000161. The quantitative estimate of drug-likeness (QED) is 0.909. The second-order valence-electron chi connectivity index (χ2n) is 5.69. The zero-order valence-corrected chi connectivity index (χ0v) is 12.7. The largest absolute Gasteiger partial charge is 0.496 e. The smallest absolute Gasteiger partial charge is 0.260 e. The van der Waals surface area contributed by atoms with E-state index in [0.29, 0.717) is 24.9 Å². The fourth-order valence-electron chi connectivity index (χ4n) is 3.51. The highest BCUT2D eigenvalue weighted by atomic mass is 35.5. The molecule has 4 nitrogen and oxygen atoms in total. The number of amides is 1. The van der Waals surface area contributed by atoms with Crippen LogP contribution in [0.25, 0.3) is 0 Å². The first kappa shape index (κ1) is 16.0. The predicted octanol–water partition coefficient (Wildman–Crippen LogP) is 2.07. The molecule has 1 amide bonds. The molecule has 1 aliphatic carbocycles. The second kappa shape index (κ2) is 6.20. The number of methoxy groups -OCH3 is 1. The third kappa shape index (κ3) is 2.72. The van der Waals surface area contributed by atoms with Crippen molar-refractivity contribution < 1.29 is 13.9 Å². The van der Waals surface area contributed by atoms with E-state index in [2.05, 4.69) is 0 Å². The molecule has 1 saturated carbocycles. The Morgan fingerprint density at radius 1 is 1.38 bits per heavy atom. The molecule has 3 atom stereocenters. The van der Waals surface area contributed by atoms with Crippen LogP contribution in [0.4, 0.5) is 4.39 Å². The number of fused-ring (bicyclic) bond motifs is 1. The van der Waals surface area contributed by atoms with Crippen LogP contribution in [0.3, 0.4) is 0 Å². The number of nitrogens with two attached hydrogens (primary N) is 1. The van der Waals surface area contributed by atoms with Gasteiger partial charge in [0.1, 0.15) is 17.1 Å². The summed E-state index contributed by atoms with van der Waals surface area (Å²) in [5.74, 6) is 0.289. The molecular weight excluding hydrogens is 295 g/mol. The van der Waals surface area contributed by atoms with Crippen molar-refractivity contribution >= 4 is 18.3 Å². The van der Waals surface area contributed by atoms with Gasteiger partial charge in [-0.3, -0.25) is 4.79 Å².